The summed E-state index contributed by atoms with van der Waals surface area (Å²) in [5.74, 6) is 0.469. The molecule has 0 saturated carbocycles. The van der Waals surface area contributed by atoms with Crippen LogP contribution in [0.3, 0.4) is 0 Å². The molecule has 0 amide bonds. The highest BCUT2D eigenvalue weighted by Gasteiger charge is 2.16. The van der Waals surface area contributed by atoms with Crippen LogP contribution in [0.5, 0.6) is 0 Å². The molecular weight excluding hydrogens is 334 g/mol. The summed E-state index contributed by atoms with van der Waals surface area (Å²) in [6.07, 6.45) is 7.00. The van der Waals surface area contributed by atoms with Gasteiger partial charge in [0.15, 0.2) is 5.84 Å². The topological polar surface area (TPSA) is 76.5 Å². The van der Waals surface area contributed by atoms with Crippen LogP contribution in [0.2, 0.25) is 0 Å². The minimum atomic E-state index is 0.469. The van der Waals surface area contributed by atoms with Gasteiger partial charge in [0.05, 0.1) is 16.8 Å². The number of pyridine rings is 2. The monoisotopic (exact) mass is 347 g/mol. The third-order valence-corrected chi connectivity index (χ3v) is 4.74. The molecule has 0 fully saturated rings. The van der Waals surface area contributed by atoms with E-state index in [0.29, 0.717) is 11.5 Å². The van der Waals surface area contributed by atoms with E-state index in [9.17, 15) is 0 Å². The van der Waals surface area contributed by atoms with Crippen molar-refractivity contribution in [2.24, 2.45) is 9.98 Å². The van der Waals surface area contributed by atoms with Crippen molar-refractivity contribution in [3.8, 4) is 21.1 Å². The summed E-state index contributed by atoms with van der Waals surface area (Å²) < 4.78 is 5.57. The van der Waals surface area contributed by atoms with Gasteiger partial charge in [0, 0.05) is 42.7 Å². The molecule has 0 aromatic carbocycles. The standard InChI is InChI=1S/C18H13N5OS/c1-19-17(20-2)13-8-14-12(5-7-24-14)16(23-13)15-10-22-18(25-15)11-4-3-6-21-9-11/h3-10H,1H2,2H3. The first-order chi connectivity index (χ1) is 12.3. The maximum atomic E-state index is 5.57. The molecule has 0 bridgehead atoms. The van der Waals surface area contributed by atoms with Crippen molar-refractivity contribution in [2.75, 3.05) is 7.05 Å². The predicted octanol–water partition coefficient (Wildman–Crippen LogP) is 4.09. The molecule has 0 unspecified atom stereocenters. The Kier molecular flexibility index (Phi) is 3.91. The fourth-order valence-corrected chi connectivity index (χ4v) is 3.45. The van der Waals surface area contributed by atoms with Crippen molar-refractivity contribution >= 4 is 34.9 Å². The van der Waals surface area contributed by atoms with Gasteiger partial charge in [0.25, 0.3) is 0 Å². The van der Waals surface area contributed by atoms with Crippen LogP contribution < -0.4 is 0 Å². The molecule has 4 aromatic rings. The van der Waals surface area contributed by atoms with Crippen molar-refractivity contribution in [1.82, 2.24) is 15.0 Å². The van der Waals surface area contributed by atoms with E-state index in [4.69, 9.17) is 9.40 Å². The summed E-state index contributed by atoms with van der Waals surface area (Å²) in [5.41, 5.74) is 3.10. The first-order valence-corrected chi connectivity index (χ1v) is 8.30. The normalized spacial score (nSPS) is 11.8. The number of thiazole rings is 1. The van der Waals surface area contributed by atoms with Crippen molar-refractivity contribution < 1.29 is 4.42 Å². The number of nitrogens with zero attached hydrogens (tertiary/aromatic N) is 5. The quantitative estimate of drug-likeness (QED) is 0.413. The van der Waals surface area contributed by atoms with Crippen LogP contribution in [-0.4, -0.2) is 34.6 Å². The molecule has 7 heteroatoms. The number of aliphatic imine (C=N–C) groups is 2. The summed E-state index contributed by atoms with van der Waals surface area (Å²) >= 11 is 1.55. The van der Waals surface area contributed by atoms with E-state index in [1.807, 2.05) is 30.5 Å². The van der Waals surface area contributed by atoms with Crippen molar-refractivity contribution in [1.29, 1.82) is 0 Å². The lowest BCUT2D eigenvalue weighted by atomic mass is 10.2. The Bertz CT molecular complexity index is 1080. The fourth-order valence-electron chi connectivity index (χ4n) is 2.54. The first-order valence-electron chi connectivity index (χ1n) is 7.49. The molecule has 4 aromatic heterocycles. The maximum absolute atomic E-state index is 5.57. The summed E-state index contributed by atoms with van der Waals surface area (Å²) in [4.78, 5) is 22.4. The third-order valence-electron chi connectivity index (χ3n) is 3.69. The van der Waals surface area contributed by atoms with Gasteiger partial charge in [0.1, 0.15) is 16.3 Å². The molecular formula is C18H13N5OS. The van der Waals surface area contributed by atoms with Crippen LogP contribution >= 0.6 is 11.3 Å². The highest BCUT2D eigenvalue weighted by Crippen LogP contribution is 2.35. The average Bonchev–Trinajstić information content (AvgIpc) is 3.32. The molecule has 0 N–H and O–H groups in total. The molecule has 122 valence electrons. The van der Waals surface area contributed by atoms with Gasteiger partial charge in [-0.3, -0.25) is 9.98 Å². The Morgan fingerprint density at radius 2 is 2.20 bits per heavy atom. The Morgan fingerprint density at radius 1 is 1.28 bits per heavy atom. The Balaban J connectivity index is 1.88. The summed E-state index contributed by atoms with van der Waals surface area (Å²) in [6, 6.07) is 7.59. The molecule has 0 aliphatic heterocycles. The minimum Gasteiger partial charge on any atom is -0.464 e. The van der Waals surface area contributed by atoms with Crippen LogP contribution in [0.15, 0.2) is 63.5 Å². The van der Waals surface area contributed by atoms with Gasteiger partial charge in [-0.1, -0.05) is 0 Å². The smallest absolute Gasteiger partial charge is 0.172 e. The zero-order valence-corrected chi connectivity index (χ0v) is 14.2. The molecule has 0 spiro atoms. The first kappa shape index (κ1) is 15.3. The number of hydrogen-bond acceptors (Lipinski definition) is 6. The number of amidine groups is 1. The van der Waals surface area contributed by atoms with Gasteiger partial charge in [-0.15, -0.1) is 11.3 Å². The van der Waals surface area contributed by atoms with Crippen LogP contribution in [-0.2, 0) is 0 Å². The van der Waals surface area contributed by atoms with Crippen LogP contribution in [0.1, 0.15) is 5.69 Å². The second-order valence-electron chi connectivity index (χ2n) is 5.17. The van der Waals surface area contributed by atoms with Crippen LogP contribution in [0.4, 0.5) is 0 Å². The highest BCUT2D eigenvalue weighted by molar-refractivity contribution is 7.18. The molecule has 0 atom stereocenters. The molecule has 6 nitrogen and oxygen atoms in total. The van der Waals surface area contributed by atoms with Gasteiger partial charge < -0.3 is 4.42 Å². The SMILES string of the molecule is C=NC(=NC)c1cc2occc2c(-c2cnc(-c3cccnc3)s2)n1. The van der Waals surface area contributed by atoms with Crippen LogP contribution in [0.25, 0.3) is 32.1 Å². The van der Waals surface area contributed by atoms with Gasteiger partial charge >= 0.3 is 0 Å². The van der Waals surface area contributed by atoms with Crippen LogP contribution in [0, 0.1) is 0 Å². The predicted molar refractivity (Wildman–Crippen MR) is 100 cm³/mol. The zero-order chi connectivity index (χ0) is 17.2. The second-order valence-corrected chi connectivity index (χ2v) is 6.20. The number of fused-ring (bicyclic) bond motifs is 1. The third kappa shape index (κ3) is 2.74. The Labute approximate surface area is 147 Å². The average molecular weight is 347 g/mol. The zero-order valence-electron chi connectivity index (χ0n) is 13.4. The van der Waals surface area contributed by atoms with E-state index >= 15 is 0 Å². The molecule has 0 aliphatic carbocycles. The van der Waals surface area contributed by atoms with E-state index in [1.165, 1.54) is 0 Å². The molecule has 0 aliphatic rings. The number of rotatable bonds is 3. The molecule has 0 radical (unpaired) electrons. The maximum Gasteiger partial charge on any atom is 0.172 e. The molecule has 25 heavy (non-hydrogen) atoms. The van der Waals surface area contributed by atoms with Gasteiger partial charge in [-0.2, -0.15) is 0 Å². The van der Waals surface area contributed by atoms with E-state index in [-0.39, 0.29) is 0 Å². The van der Waals surface area contributed by atoms with E-state index < -0.39 is 0 Å². The summed E-state index contributed by atoms with van der Waals surface area (Å²) in [7, 11) is 1.66. The Morgan fingerprint density at radius 3 is 2.96 bits per heavy atom. The lowest BCUT2D eigenvalue weighted by molar-refractivity contribution is 0.615. The second kappa shape index (κ2) is 6.37. The summed E-state index contributed by atoms with van der Waals surface area (Å²) in [5, 5.41) is 1.81. The van der Waals surface area contributed by atoms with Gasteiger partial charge in [-0.05, 0) is 24.9 Å². The lowest BCUT2D eigenvalue weighted by Gasteiger charge is -2.04. The van der Waals surface area contributed by atoms with Crippen molar-refractivity contribution in [3.63, 3.8) is 0 Å². The number of aromatic nitrogens is 3. The van der Waals surface area contributed by atoms with Crippen molar-refractivity contribution in [3.05, 3.63) is 54.8 Å². The highest BCUT2D eigenvalue weighted by atomic mass is 32.1. The number of furan rings is 1. The Hall–Kier alpha value is -3.19. The molecule has 0 saturated heterocycles. The minimum absolute atomic E-state index is 0.469. The van der Waals surface area contributed by atoms with E-state index in [1.54, 1.807) is 37.0 Å². The van der Waals surface area contributed by atoms with Gasteiger partial charge in [0.2, 0.25) is 0 Å². The van der Waals surface area contributed by atoms with E-state index in [0.717, 1.165) is 32.1 Å². The van der Waals surface area contributed by atoms with E-state index in [2.05, 4.69) is 26.7 Å². The lowest BCUT2D eigenvalue weighted by Crippen LogP contribution is -2.01. The van der Waals surface area contributed by atoms with Gasteiger partial charge in [-0.25, -0.2) is 15.0 Å². The van der Waals surface area contributed by atoms with Crippen molar-refractivity contribution in [2.45, 2.75) is 0 Å². The fraction of sp³-hybridized carbons (Fsp3) is 0.0556. The largest absolute Gasteiger partial charge is 0.464 e. The molecule has 4 heterocycles. The molecule has 4 rings (SSSR count). The summed E-state index contributed by atoms with van der Waals surface area (Å²) in [6.45, 7) is 3.55. The number of hydrogen-bond donors (Lipinski definition) is 0.